The molecular formula is C25H33FN6O2S. The first-order valence-corrected chi connectivity index (χ1v) is 11.7. The first-order valence-electron chi connectivity index (χ1n) is 11.7. The third-order valence-corrected chi connectivity index (χ3v) is 6.20. The number of benzene rings is 1. The lowest BCUT2D eigenvalue weighted by molar-refractivity contribution is 0.0987. The normalized spacial score (nSPS) is 15.9. The Morgan fingerprint density at radius 1 is 1.23 bits per heavy atom. The van der Waals surface area contributed by atoms with Gasteiger partial charge in [0.2, 0.25) is 5.95 Å². The lowest BCUT2D eigenvalue weighted by Crippen LogP contribution is -2.33. The lowest BCUT2D eigenvalue weighted by atomic mass is 10.00. The first kappa shape index (κ1) is 26.6. The molecule has 10 heteroatoms. The zero-order valence-electron chi connectivity index (χ0n) is 20.4. The van der Waals surface area contributed by atoms with Crippen molar-refractivity contribution in [2.75, 3.05) is 32.6 Å². The average Bonchev–Trinajstić information content (AvgIpc) is 3.32. The zero-order chi connectivity index (χ0) is 24.1. The molecular weight excluding hydrogens is 467 g/mol. The average molecular weight is 501 g/mol. The molecule has 1 fully saturated rings. The SMILES string of the molecule is CCC(=O)c1cc(CCc2cnc(Nc3cnn([C@H]4CCCN(C)C4)c3)nc2)c(F)c(OC)c1.S. The highest BCUT2D eigenvalue weighted by Crippen LogP contribution is 2.25. The van der Waals surface area contributed by atoms with Crippen LogP contribution in [0, 0.1) is 5.82 Å². The molecule has 1 aliphatic heterocycles. The third kappa shape index (κ3) is 6.58. The van der Waals surface area contributed by atoms with Crippen molar-refractivity contribution in [1.29, 1.82) is 0 Å². The van der Waals surface area contributed by atoms with E-state index >= 15 is 0 Å². The van der Waals surface area contributed by atoms with Gasteiger partial charge in [0.1, 0.15) is 0 Å². The standard InChI is InChI=1S/C25H31FN6O2.H2S/c1-4-22(33)19-10-18(24(26)23(11-19)34-3)8-7-17-12-27-25(28-13-17)30-20-14-29-32(15-20)21-6-5-9-31(2)16-21;/h10-15,21H,4-9,16H2,1-3H3,(H,27,28,30);1H2/t21-;/m0./s1. The monoisotopic (exact) mass is 500 g/mol. The number of anilines is 2. The Hall–Kier alpha value is -2.98. The minimum Gasteiger partial charge on any atom is -0.494 e. The number of aryl methyl sites for hydroxylation is 2. The topological polar surface area (TPSA) is 85.2 Å². The Bertz CT molecular complexity index is 1140. The second-order valence-corrected chi connectivity index (χ2v) is 8.74. The third-order valence-electron chi connectivity index (χ3n) is 6.20. The van der Waals surface area contributed by atoms with Crippen molar-refractivity contribution in [3.05, 3.63) is 59.4 Å². The molecule has 4 rings (SSSR count). The number of likely N-dealkylation sites (N-methyl/N-ethyl adjacent to an activating group) is 1. The van der Waals surface area contributed by atoms with Gasteiger partial charge in [-0.25, -0.2) is 14.4 Å². The number of hydrogen-bond donors (Lipinski definition) is 1. The number of Topliss-reactive ketones (excluding diaryl/α,β-unsaturated/α-hetero) is 1. The number of hydrogen-bond acceptors (Lipinski definition) is 7. The molecule has 0 bridgehead atoms. The van der Waals surface area contributed by atoms with Gasteiger partial charge in [0, 0.05) is 37.1 Å². The van der Waals surface area contributed by atoms with E-state index < -0.39 is 5.82 Å². The van der Waals surface area contributed by atoms with Crippen LogP contribution in [0.4, 0.5) is 16.0 Å². The summed E-state index contributed by atoms with van der Waals surface area (Å²) in [6.45, 7) is 3.91. The van der Waals surface area contributed by atoms with Crippen LogP contribution in [0.3, 0.4) is 0 Å². The van der Waals surface area contributed by atoms with Crippen LogP contribution in [0.1, 0.15) is 53.7 Å². The first-order chi connectivity index (χ1) is 16.5. The van der Waals surface area contributed by atoms with E-state index in [1.54, 1.807) is 31.6 Å². The highest BCUT2D eigenvalue weighted by molar-refractivity contribution is 7.59. The van der Waals surface area contributed by atoms with Gasteiger partial charge in [-0.2, -0.15) is 18.6 Å². The van der Waals surface area contributed by atoms with Crippen LogP contribution in [-0.4, -0.2) is 57.7 Å². The predicted molar refractivity (Wildman–Crippen MR) is 139 cm³/mol. The number of likely N-dealkylation sites (tertiary alicyclic amines) is 1. The summed E-state index contributed by atoms with van der Waals surface area (Å²) in [6, 6.07) is 3.45. The molecule has 2 aromatic heterocycles. The summed E-state index contributed by atoms with van der Waals surface area (Å²) < 4.78 is 21.8. The number of ether oxygens (including phenoxy) is 1. The number of nitrogens with zero attached hydrogens (tertiary/aromatic N) is 5. The van der Waals surface area contributed by atoms with E-state index in [1.165, 1.54) is 19.6 Å². The molecule has 0 radical (unpaired) electrons. The molecule has 0 unspecified atom stereocenters. The fourth-order valence-electron chi connectivity index (χ4n) is 4.27. The largest absolute Gasteiger partial charge is 0.494 e. The number of piperidine rings is 1. The van der Waals surface area contributed by atoms with Gasteiger partial charge in [0.05, 0.1) is 25.0 Å². The lowest BCUT2D eigenvalue weighted by Gasteiger charge is -2.29. The van der Waals surface area contributed by atoms with Crippen molar-refractivity contribution >= 4 is 30.9 Å². The number of rotatable bonds is 9. The molecule has 8 nitrogen and oxygen atoms in total. The number of carbonyl (C=O) groups excluding carboxylic acids is 1. The summed E-state index contributed by atoms with van der Waals surface area (Å²) in [5, 5.41) is 7.69. The van der Waals surface area contributed by atoms with Crippen LogP contribution in [0.2, 0.25) is 0 Å². The van der Waals surface area contributed by atoms with Crippen LogP contribution in [0.25, 0.3) is 0 Å². The summed E-state index contributed by atoms with van der Waals surface area (Å²) in [4.78, 5) is 23.2. The van der Waals surface area contributed by atoms with E-state index in [0.717, 1.165) is 30.8 Å². The van der Waals surface area contributed by atoms with Crippen LogP contribution >= 0.6 is 13.5 Å². The van der Waals surface area contributed by atoms with E-state index in [0.29, 0.717) is 42.4 Å². The van der Waals surface area contributed by atoms with Gasteiger partial charge in [-0.3, -0.25) is 9.48 Å². The number of ketones is 1. The molecule has 3 heterocycles. The van der Waals surface area contributed by atoms with E-state index in [4.69, 9.17) is 4.74 Å². The maximum Gasteiger partial charge on any atom is 0.227 e. The number of halogens is 1. The Morgan fingerprint density at radius 3 is 2.69 bits per heavy atom. The Kier molecular flexibility index (Phi) is 9.22. The number of methoxy groups -OCH3 is 1. The second kappa shape index (κ2) is 12.1. The molecule has 0 saturated carbocycles. The van der Waals surface area contributed by atoms with Crippen molar-refractivity contribution in [2.45, 2.75) is 45.1 Å². The summed E-state index contributed by atoms with van der Waals surface area (Å²) in [6.07, 6.45) is 10.8. The smallest absolute Gasteiger partial charge is 0.227 e. The van der Waals surface area contributed by atoms with Gasteiger partial charge in [0.25, 0.3) is 0 Å². The minimum atomic E-state index is -0.435. The van der Waals surface area contributed by atoms with Crippen LogP contribution in [0.15, 0.2) is 36.9 Å². The molecule has 0 amide bonds. The highest BCUT2D eigenvalue weighted by atomic mass is 32.1. The predicted octanol–water partition coefficient (Wildman–Crippen LogP) is 4.32. The Balaban J connectivity index is 0.00000342. The summed E-state index contributed by atoms with van der Waals surface area (Å²) in [5.41, 5.74) is 2.62. The highest BCUT2D eigenvalue weighted by Gasteiger charge is 2.19. The van der Waals surface area contributed by atoms with Gasteiger partial charge in [-0.1, -0.05) is 6.92 Å². The summed E-state index contributed by atoms with van der Waals surface area (Å²) in [7, 11) is 3.54. The molecule has 0 spiro atoms. The van der Waals surface area contributed by atoms with E-state index in [9.17, 15) is 9.18 Å². The molecule has 1 saturated heterocycles. The molecule has 188 valence electrons. The van der Waals surface area contributed by atoms with Crippen molar-refractivity contribution in [2.24, 2.45) is 0 Å². The molecule has 3 aromatic rings. The van der Waals surface area contributed by atoms with E-state index in [1.807, 2.05) is 10.9 Å². The van der Waals surface area contributed by atoms with Gasteiger partial charge in [-0.05, 0) is 62.5 Å². The van der Waals surface area contributed by atoms with E-state index in [-0.39, 0.29) is 25.0 Å². The van der Waals surface area contributed by atoms with Gasteiger partial charge < -0.3 is 15.0 Å². The molecule has 0 aliphatic carbocycles. The summed E-state index contributed by atoms with van der Waals surface area (Å²) >= 11 is 0. The van der Waals surface area contributed by atoms with E-state index in [2.05, 4.69) is 32.3 Å². The van der Waals surface area contributed by atoms with Crippen molar-refractivity contribution in [3.8, 4) is 5.75 Å². The minimum absolute atomic E-state index is 0. The number of aromatic nitrogens is 4. The quantitative estimate of drug-likeness (QED) is 0.438. The molecule has 1 N–H and O–H groups in total. The number of carbonyl (C=O) groups is 1. The van der Waals surface area contributed by atoms with Crippen molar-refractivity contribution < 1.29 is 13.9 Å². The van der Waals surface area contributed by atoms with Crippen LogP contribution in [0.5, 0.6) is 5.75 Å². The molecule has 1 aromatic carbocycles. The second-order valence-electron chi connectivity index (χ2n) is 8.74. The molecule has 1 atom stereocenters. The van der Waals surface area contributed by atoms with Gasteiger partial charge >= 0.3 is 0 Å². The fraction of sp³-hybridized carbons (Fsp3) is 0.440. The maximum atomic E-state index is 14.7. The van der Waals surface area contributed by atoms with Crippen molar-refractivity contribution in [3.63, 3.8) is 0 Å². The Morgan fingerprint density at radius 2 is 2.00 bits per heavy atom. The fourth-order valence-corrected chi connectivity index (χ4v) is 4.27. The molecule has 1 aliphatic rings. The zero-order valence-corrected chi connectivity index (χ0v) is 21.4. The van der Waals surface area contributed by atoms with Crippen LogP contribution < -0.4 is 10.1 Å². The number of nitrogens with one attached hydrogen (secondary N) is 1. The molecule has 35 heavy (non-hydrogen) atoms. The van der Waals surface area contributed by atoms with Gasteiger partial charge in [-0.15, -0.1) is 0 Å². The van der Waals surface area contributed by atoms with Crippen LogP contribution in [-0.2, 0) is 12.8 Å². The van der Waals surface area contributed by atoms with Gasteiger partial charge in [0.15, 0.2) is 17.3 Å². The van der Waals surface area contributed by atoms with Crippen molar-refractivity contribution in [1.82, 2.24) is 24.6 Å². The summed E-state index contributed by atoms with van der Waals surface area (Å²) in [5.74, 6) is 0.0886. The maximum absolute atomic E-state index is 14.7. The Labute approximate surface area is 212 Å².